The van der Waals surface area contributed by atoms with E-state index in [0.29, 0.717) is 0 Å². The van der Waals surface area contributed by atoms with Crippen molar-refractivity contribution in [2.45, 2.75) is 51.2 Å². The molecule has 4 amide bonds. The molecule has 9 N–H and O–H groups in total. The van der Waals surface area contributed by atoms with Crippen LogP contribution in [0.25, 0.3) is 0 Å². The summed E-state index contributed by atoms with van der Waals surface area (Å²) in [5, 5.41) is 13.7. The molecule has 142 valence electrons. The summed E-state index contributed by atoms with van der Waals surface area (Å²) in [7, 11) is 0. The van der Waals surface area contributed by atoms with E-state index in [1.54, 1.807) is 13.8 Å². The Morgan fingerprint density at radius 3 is 1.92 bits per heavy atom. The number of nitrogens with one attached hydrogen (secondary N) is 2. The quantitative estimate of drug-likeness (QED) is 0.227. The van der Waals surface area contributed by atoms with Crippen LogP contribution < -0.4 is 27.8 Å². The summed E-state index contributed by atoms with van der Waals surface area (Å²) in [6.45, 7) is 3.26. The van der Waals surface area contributed by atoms with Crippen LogP contribution in [0.4, 0.5) is 0 Å². The summed E-state index contributed by atoms with van der Waals surface area (Å²) in [5.41, 5.74) is 15.4. The first-order valence-corrected chi connectivity index (χ1v) is 7.61. The molecule has 0 radical (unpaired) electrons. The van der Waals surface area contributed by atoms with Gasteiger partial charge in [-0.05, 0) is 12.3 Å². The van der Waals surface area contributed by atoms with Crippen molar-refractivity contribution in [2.24, 2.45) is 23.1 Å². The Balaban J connectivity index is 4.97. The Hall–Kier alpha value is -2.69. The fourth-order valence-electron chi connectivity index (χ4n) is 1.91. The van der Waals surface area contributed by atoms with Gasteiger partial charge in [-0.3, -0.25) is 19.2 Å². The van der Waals surface area contributed by atoms with Gasteiger partial charge < -0.3 is 32.9 Å². The normalized spacial score (nSPS) is 14.2. The predicted octanol–water partition coefficient (Wildman–Crippen LogP) is -2.84. The van der Waals surface area contributed by atoms with E-state index in [0.717, 1.165) is 0 Å². The fourth-order valence-corrected chi connectivity index (χ4v) is 1.91. The smallest absolute Gasteiger partial charge is 0.326 e. The van der Waals surface area contributed by atoms with Crippen molar-refractivity contribution in [2.75, 3.05) is 0 Å². The number of aliphatic carboxylic acids is 1. The molecular formula is C14H25N5O6. The maximum Gasteiger partial charge on any atom is 0.326 e. The Bertz CT molecular complexity index is 536. The summed E-state index contributed by atoms with van der Waals surface area (Å²) >= 11 is 0. The van der Waals surface area contributed by atoms with E-state index in [-0.39, 0.29) is 12.8 Å². The maximum absolute atomic E-state index is 12.3. The first-order valence-electron chi connectivity index (χ1n) is 7.61. The Labute approximate surface area is 144 Å². The number of carbonyl (C=O) groups is 5. The van der Waals surface area contributed by atoms with Crippen molar-refractivity contribution in [1.82, 2.24) is 10.6 Å². The van der Waals surface area contributed by atoms with Gasteiger partial charge >= 0.3 is 5.97 Å². The number of carbonyl (C=O) groups excluding carboxylic acids is 4. The number of nitrogens with two attached hydrogens (primary N) is 3. The molecule has 3 atom stereocenters. The summed E-state index contributed by atoms with van der Waals surface area (Å²) < 4.78 is 0. The summed E-state index contributed by atoms with van der Waals surface area (Å²) in [6, 6.07) is -3.64. The van der Waals surface area contributed by atoms with E-state index < -0.39 is 60.1 Å². The molecule has 0 aliphatic rings. The van der Waals surface area contributed by atoms with Crippen LogP contribution in [0.15, 0.2) is 0 Å². The van der Waals surface area contributed by atoms with Crippen molar-refractivity contribution >= 4 is 29.6 Å². The van der Waals surface area contributed by atoms with Crippen LogP contribution in [-0.4, -0.2) is 52.8 Å². The van der Waals surface area contributed by atoms with Crippen LogP contribution in [0, 0.1) is 5.92 Å². The van der Waals surface area contributed by atoms with Crippen molar-refractivity contribution in [3.05, 3.63) is 0 Å². The molecule has 0 aliphatic carbocycles. The number of primary amides is 2. The van der Waals surface area contributed by atoms with Gasteiger partial charge in [0.2, 0.25) is 23.6 Å². The second-order valence-electron chi connectivity index (χ2n) is 5.91. The van der Waals surface area contributed by atoms with Gasteiger partial charge in [-0.1, -0.05) is 13.8 Å². The molecule has 0 fully saturated rings. The molecule has 25 heavy (non-hydrogen) atoms. The number of carboxylic acid groups (broad SMARTS) is 1. The lowest BCUT2D eigenvalue weighted by Gasteiger charge is -2.25. The molecule has 0 rings (SSSR count). The minimum absolute atomic E-state index is 0.184. The molecule has 0 spiro atoms. The lowest BCUT2D eigenvalue weighted by Crippen LogP contribution is -2.56. The zero-order chi connectivity index (χ0) is 19.7. The molecule has 11 heteroatoms. The van der Waals surface area contributed by atoms with Crippen LogP contribution in [0.3, 0.4) is 0 Å². The third kappa shape index (κ3) is 8.65. The summed E-state index contributed by atoms with van der Waals surface area (Å²) in [6.07, 6.45) is -0.801. The van der Waals surface area contributed by atoms with Gasteiger partial charge in [-0.25, -0.2) is 4.79 Å². The number of carboxylic acids is 1. The van der Waals surface area contributed by atoms with Gasteiger partial charge in [0.1, 0.15) is 12.1 Å². The van der Waals surface area contributed by atoms with E-state index >= 15 is 0 Å². The molecule has 0 aromatic carbocycles. The monoisotopic (exact) mass is 359 g/mol. The van der Waals surface area contributed by atoms with E-state index in [9.17, 15) is 24.0 Å². The van der Waals surface area contributed by atoms with Crippen molar-refractivity contribution in [3.8, 4) is 0 Å². The highest BCUT2D eigenvalue weighted by atomic mass is 16.4. The van der Waals surface area contributed by atoms with Crippen molar-refractivity contribution in [3.63, 3.8) is 0 Å². The van der Waals surface area contributed by atoms with Gasteiger partial charge in [0.05, 0.1) is 12.5 Å². The van der Waals surface area contributed by atoms with E-state index in [4.69, 9.17) is 22.3 Å². The van der Waals surface area contributed by atoms with Crippen LogP contribution >= 0.6 is 0 Å². The fraction of sp³-hybridized carbons (Fsp3) is 0.643. The molecular weight excluding hydrogens is 334 g/mol. The van der Waals surface area contributed by atoms with Gasteiger partial charge in [0, 0.05) is 6.42 Å². The van der Waals surface area contributed by atoms with Gasteiger partial charge in [-0.2, -0.15) is 0 Å². The number of hydrogen-bond acceptors (Lipinski definition) is 6. The van der Waals surface area contributed by atoms with Crippen molar-refractivity contribution < 1.29 is 29.1 Å². The maximum atomic E-state index is 12.3. The highest BCUT2D eigenvalue weighted by Gasteiger charge is 2.30. The van der Waals surface area contributed by atoms with Gasteiger partial charge in [0.15, 0.2) is 0 Å². The molecule has 0 bridgehead atoms. The Kier molecular flexibility index (Phi) is 9.13. The molecule has 0 aromatic rings. The lowest BCUT2D eigenvalue weighted by molar-refractivity contribution is -0.143. The second-order valence-corrected chi connectivity index (χ2v) is 5.91. The molecule has 0 aliphatic heterocycles. The number of amides is 4. The van der Waals surface area contributed by atoms with Crippen LogP contribution in [0.2, 0.25) is 0 Å². The van der Waals surface area contributed by atoms with Gasteiger partial charge in [-0.15, -0.1) is 0 Å². The molecule has 0 heterocycles. The number of rotatable bonds is 11. The van der Waals surface area contributed by atoms with E-state index in [1.165, 1.54) is 0 Å². The van der Waals surface area contributed by atoms with E-state index in [1.807, 2.05) is 0 Å². The minimum Gasteiger partial charge on any atom is -0.480 e. The van der Waals surface area contributed by atoms with E-state index in [2.05, 4.69) is 10.6 Å². The zero-order valence-electron chi connectivity index (χ0n) is 14.2. The highest BCUT2D eigenvalue weighted by molar-refractivity contribution is 5.93. The highest BCUT2D eigenvalue weighted by Crippen LogP contribution is 2.05. The summed E-state index contributed by atoms with van der Waals surface area (Å²) in [4.78, 5) is 56.9. The molecule has 3 unspecified atom stereocenters. The Morgan fingerprint density at radius 1 is 0.960 bits per heavy atom. The average molecular weight is 359 g/mol. The predicted molar refractivity (Wildman–Crippen MR) is 86.6 cm³/mol. The van der Waals surface area contributed by atoms with Gasteiger partial charge in [0.25, 0.3) is 0 Å². The minimum atomic E-state index is -1.34. The number of hydrogen-bond donors (Lipinski definition) is 6. The molecule has 0 saturated heterocycles. The first kappa shape index (κ1) is 22.3. The topological polar surface area (TPSA) is 208 Å². The third-order valence-electron chi connectivity index (χ3n) is 3.30. The third-order valence-corrected chi connectivity index (χ3v) is 3.30. The van der Waals surface area contributed by atoms with Crippen LogP contribution in [-0.2, 0) is 24.0 Å². The standard InChI is InChI=1S/C14H25N5O6/c1-6(2)11(19-12(22)7(15)5-10(17)21)13(23)18-8(14(24)25)3-4-9(16)20/h6-8,11H,3-5,15H2,1-2H3,(H2,16,20)(H2,17,21)(H,18,23)(H,19,22)(H,24,25). The largest absolute Gasteiger partial charge is 0.480 e. The Morgan fingerprint density at radius 2 is 1.52 bits per heavy atom. The van der Waals surface area contributed by atoms with Crippen molar-refractivity contribution in [1.29, 1.82) is 0 Å². The second kappa shape index (κ2) is 10.2. The SMILES string of the molecule is CC(C)C(NC(=O)C(N)CC(N)=O)C(=O)NC(CCC(N)=O)C(=O)O. The average Bonchev–Trinajstić information content (AvgIpc) is 2.46. The molecule has 0 saturated carbocycles. The molecule has 0 aromatic heterocycles. The lowest BCUT2D eigenvalue weighted by atomic mass is 10.0. The van der Waals surface area contributed by atoms with Crippen LogP contribution in [0.5, 0.6) is 0 Å². The van der Waals surface area contributed by atoms with Crippen LogP contribution in [0.1, 0.15) is 33.1 Å². The summed E-state index contributed by atoms with van der Waals surface area (Å²) in [5.74, 6) is -4.73. The molecule has 11 nitrogen and oxygen atoms in total. The first-order chi connectivity index (χ1) is 11.5. The zero-order valence-corrected chi connectivity index (χ0v) is 14.2.